The fourth-order valence-electron chi connectivity index (χ4n) is 2.79. The van der Waals surface area contributed by atoms with Crippen LogP contribution in [0.5, 0.6) is 0 Å². The van der Waals surface area contributed by atoms with Gasteiger partial charge in [-0.25, -0.2) is 4.98 Å². The minimum atomic E-state index is -0.401. The Balaban J connectivity index is 1.62. The van der Waals surface area contributed by atoms with Gasteiger partial charge in [-0.2, -0.15) is 10.2 Å². The van der Waals surface area contributed by atoms with Gasteiger partial charge in [0.25, 0.3) is 11.8 Å². The summed E-state index contributed by atoms with van der Waals surface area (Å²) in [5, 5.41) is 16.3. The molecule has 146 valence electrons. The van der Waals surface area contributed by atoms with Crippen molar-refractivity contribution in [1.29, 1.82) is 0 Å². The number of fused-ring (bicyclic) bond motifs is 6. The van der Waals surface area contributed by atoms with Gasteiger partial charge in [0.05, 0.1) is 18.5 Å². The van der Waals surface area contributed by atoms with Gasteiger partial charge in [-0.3, -0.25) is 19.0 Å². The molecule has 0 saturated carbocycles. The van der Waals surface area contributed by atoms with E-state index in [4.69, 9.17) is 4.74 Å². The van der Waals surface area contributed by atoms with E-state index in [1.54, 1.807) is 24.8 Å². The van der Waals surface area contributed by atoms with Gasteiger partial charge in [0.1, 0.15) is 10.7 Å². The Morgan fingerprint density at radius 3 is 3.00 bits per heavy atom. The average molecular weight is 401 g/mol. The molecular weight excluding hydrogens is 382 g/mol. The summed E-state index contributed by atoms with van der Waals surface area (Å²) in [4.78, 5) is 29.4. The van der Waals surface area contributed by atoms with Crippen LogP contribution in [-0.4, -0.2) is 56.1 Å². The van der Waals surface area contributed by atoms with Crippen molar-refractivity contribution in [2.75, 3.05) is 25.1 Å². The summed E-state index contributed by atoms with van der Waals surface area (Å²) in [7, 11) is 1.68. The summed E-state index contributed by atoms with van der Waals surface area (Å²) in [5.74, 6) is -0.774. The predicted molar refractivity (Wildman–Crippen MR) is 102 cm³/mol. The topological polar surface area (TPSA) is 116 Å². The zero-order chi connectivity index (χ0) is 19.5. The van der Waals surface area contributed by atoms with Crippen LogP contribution >= 0.6 is 11.3 Å². The van der Waals surface area contributed by atoms with Crippen molar-refractivity contribution in [2.24, 2.45) is 7.05 Å². The van der Waals surface area contributed by atoms with Crippen LogP contribution in [0.4, 0.5) is 5.69 Å². The van der Waals surface area contributed by atoms with Crippen LogP contribution in [0.3, 0.4) is 0 Å². The second-order valence-electron chi connectivity index (χ2n) is 6.27. The van der Waals surface area contributed by atoms with E-state index in [1.807, 2.05) is 10.9 Å². The minimum absolute atomic E-state index is 0.147. The molecule has 0 spiro atoms. The molecule has 3 aromatic rings. The van der Waals surface area contributed by atoms with Crippen molar-refractivity contribution >= 4 is 28.8 Å². The molecule has 4 bridgehead atoms. The van der Waals surface area contributed by atoms with Crippen molar-refractivity contribution < 1.29 is 14.3 Å². The molecule has 0 unspecified atom stereocenters. The van der Waals surface area contributed by atoms with Gasteiger partial charge >= 0.3 is 0 Å². The van der Waals surface area contributed by atoms with Gasteiger partial charge in [-0.15, -0.1) is 11.3 Å². The largest absolute Gasteiger partial charge is 0.380 e. The Morgan fingerprint density at radius 2 is 2.11 bits per heavy atom. The average Bonchev–Trinajstić information content (AvgIpc) is 3.39. The molecule has 28 heavy (non-hydrogen) atoms. The molecule has 0 fully saturated rings. The van der Waals surface area contributed by atoms with Crippen LogP contribution in [0.15, 0.2) is 24.0 Å². The predicted octanol–water partition coefficient (Wildman–Crippen LogP) is 1.14. The maximum Gasteiger partial charge on any atom is 0.275 e. The molecule has 1 aliphatic heterocycles. The molecule has 0 aliphatic carbocycles. The van der Waals surface area contributed by atoms with Crippen LogP contribution in [0.25, 0.3) is 10.6 Å². The molecule has 2 amide bonds. The van der Waals surface area contributed by atoms with Crippen molar-refractivity contribution in [3.63, 3.8) is 0 Å². The first-order valence-corrected chi connectivity index (χ1v) is 9.67. The summed E-state index contributed by atoms with van der Waals surface area (Å²) in [5.41, 5.74) is 1.60. The molecule has 4 rings (SSSR count). The van der Waals surface area contributed by atoms with E-state index in [0.29, 0.717) is 37.0 Å². The van der Waals surface area contributed by atoms with Crippen LogP contribution in [0, 0.1) is 0 Å². The third kappa shape index (κ3) is 3.94. The highest BCUT2D eigenvalue weighted by molar-refractivity contribution is 7.13. The summed E-state index contributed by atoms with van der Waals surface area (Å²) in [6.45, 7) is 2.02. The number of rotatable bonds is 0. The lowest BCUT2D eigenvalue weighted by Gasteiger charge is -2.07. The fraction of sp³-hybridized carbons (Fsp3) is 0.353. The summed E-state index contributed by atoms with van der Waals surface area (Å²) >= 11 is 1.36. The number of ether oxygens (including phenoxy) is 1. The highest BCUT2D eigenvalue weighted by Gasteiger charge is 2.20. The molecule has 0 radical (unpaired) electrons. The lowest BCUT2D eigenvalue weighted by molar-refractivity contribution is 0.0906. The van der Waals surface area contributed by atoms with Crippen LogP contribution in [0.2, 0.25) is 0 Å². The van der Waals surface area contributed by atoms with Crippen LogP contribution in [-0.2, 0) is 18.3 Å². The second kappa shape index (κ2) is 7.90. The molecule has 4 heterocycles. The normalized spacial score (nSPS) is 15.9. The number of aryl methyl sites for hydroxylation is 2. The number of anilines is 1. The highest BCUT2D eigenvalue weighted by Crippen LogP contribution is 2.24. The number of aromatic nitrogens is 5. The maximum absolute atomic E-state index is 12.6. The Labute approximate surface area is 164 Å². The van der Waals surface area contributed by atoms with Gasteiger partial charge in [-0.05, 0) is 6.42 Å². The molecule has 0 aromatic carbocycles. The molecule has 0 atom stereocenters. The van der Waals surface area contributed by atoms with E-state index >= 15 is 0 Å². The smallest absolute Gasteiger partial charge is 0.275 e. The zero-order valence-corrected chi connectivity index (χ0v) is 16.0. The number of nitrogens with one attached hydrogen (secondary N) is 2. The zero-order valence-electron chi connectivity index (χ0n) is 15.2. The molecule has 1 aliphatic rings. The standard InChI is InChI=1S/C17H19N7O3S/c1-23-9-12-14(22-23)16(26)18-3-6-27-5-2-4-24-8-11(7-19-24)17-21-13(10-28-17)15(25)20-12/h7-10H,2-6H2,1H3,(H,18,26)(H,20,25). The van der Waals surface area contributed by atoms with E-state index in [0.717, 1.165) is 12.0 Å². The van der Waals surface area contributed by atoms with E-state index in [1.165, 1.54) is 16.0 Å². The SMILES string of the molecule is Cn1cc2c(n1)C(=O)NCCOCCCn1cc(cn1)-c1nc(cs1)C(=O)N2. The van der Waals surface area contributed by atoms with Crippen molar-refractivity contribution in [2.45, 2.75) is 13.0 Å². The van der Waals surface area contributed by atoms with Gasteiger partial charge in [0.15, 0.2) is 5.69 Å². The molecule has 0 saturated heterocycles. The molecule has 10 nitrogen and oxygen atoms in total. The van der Waals surface area contributed by atoms with Crippen LogP contribution in [0.1, 0.15) is 27.4 Å². The van der Waals surface area contributed by atoms with Crippen molar-refractivity contribution in [1.82, 2.24) is 29.9 Å². The van der Waals surface area contributed by atoms with Gasteiger partial charge in [0, 0.05) is 50.1 Å². The lowest BCUT2D eigenvalue weighted by Crippen LogP contribution is -2.29. The Morgan fingerprint density at radius 1 is 1.21 bits per heavy atom. The lowest BCUT2D eigenvalue weighted by atomic mass is 10.3. The number of carbonyl (C=O) groups excluding carboxylic acids is 2. The van der Waals surface area contributed by atoms with E-state index in [-0.39, 0.29) is 17.3 Å². The fourth-order valence-corrected chi connectivity index (χ4v) is 3.57. The van der Waals surface area contributed by atoms with Gasteiger partial charge < -0.3 is 15.4 Å². The first-order chi connectivity index (χ1) is 13.6. The Kier molecular flexibility index (Phi) is 5.17. The highest BCUT2D eigenvalue weighted by atomic mass is 32.1. The third-order valence-corrected chi connectivity index (χ3v) is 5.01. The van der Waals surface area contributed by atoms with Gasteiger partial charge in [0.2, 0.25) is 0 Å². The molecular formula is C17H19N7O3S. The summed E-state index contributed by atoms with van der Waals surface area (Å²) < 4.78 is 8.85. The number of thiazole rings is 1. The van der Waals surface area contributed by atoms with Crippen molar-refractivity contribution in [3.8, 4) is 10.6 Å². The Hall–Kier alpha value is -3.05. The quantitative estimate of drug-likeness (QED) is 0.584. The van der Waals surface area contributed by atoms with Crippen molar-refractivity contribution in [3.05, 3.63) is 35.4 Å². The van der Waals surface area contributed by atoms with E-state index < -0.39 is 5.91 Å². The Bertz CT molecular complexity index is 1010. The number of carbonyl (C=O) groups is 2. The molecule has 3 aromatic heterocycles. The summed E-state index contributed by atoms with van der Waals surface area (Å²) in [6.07, 6.45) is 6.02. The van der Waals surface area contributed by atoms with Crippen LogP contribution < -0.4 is 10.6 Å². The number of nitrogens with zero attached hydrogens (tertiary/aromatic N) is 5. The van der Waals surface area contributed by atoms with Gasteiger partial charge in [-0.1, -0.05) is 0 Å². The van der Waals surface area contributed by atoms with E-state index in [2.05, 4.69) is 25.8 Å². The number of hydrogen-bond acceptors (Lipinski definition) is 7. The van der Waals surface area contributed by atoms with E-state index in [9.17, 15) is 9.59 Å². The maximum atomic E-state index is 12.6. The molecule has 2 N–H and O–H groups in total. The first kappa shape index (κ1) is 18.3. The molecule has 11 heteroatoms. The minimum Gasteiger partial charge on any atom is -0.380 e. The number of hydrogen-bond donors (Lipinski definition) is 2. The first-order valence-electron chi connectivity index (χ1n) is 8.79. The number of amides is 2. The second-order valence-corrected chi connectivity index (χ2v) is 7.13. The third-order valence-electron chi connectivity index (χ3n) is 4.12. The summed E-state index contributed by atoms with van der Waals surface area (Å²) in [6, 6.07) is 0. The monoisotopic (exact) mass is 401 g/mol.